The monoisotopic (exact) mass is 310 g/mol. The molecule has 0 saturated carbocycles. The van der Waals surface area contributed by atoms with Gasteiger partial charge >= 0.3 is 0 Å². The third-order valence-electron chi connectivity index (χ3n) is 2.78. The Balaban J connectivity index is 0.00000180. The Bertz CT molecular complexity index is 457. The Hall–Kier alpha value is -0.910. The van der Waals surface area contributed by atoms with Crippen LogP contribution in [0.5, 0.6) is 0 Å². The van der Waals surface area contributed by atoms with Crippen LogP contribution >= 0.6 is 24.0 Å². The molecule has 2 N–H and O–H groups in total. The Morgan fingerprint density at radius 2 is 2.26 bits per heavy atom. The van der Waals surface area contributed by atoms with E-state index in [-0.39, 0.29) is 19.0 Å². The lowest BCUT2D eigenvalue weighted by atomic mass is 10.1. The number of hydrogen-bond acceptors (Lipinski definition) is 2. The molecule has 1 unspecified atom stereocenters. The van der Waals surface area contributed by atoms with E-state index in [2.05, 4.69) is 10.6 Å². The van der Waals surface area contributed by atoms with E-state index in [0.29, 0.717) is 5.02 Å². The first kappa shape index (κ1) is 16.1. The third kappa shape index (κ3) is 4.60. The topological polar surface area (TPSA) is 41.1 Å². The Labute approximate surface area is 121 Å². The van der Waals surface area contributed by atoms with Gasteiger partial charge in [-0.1, -0.05) is 23.7 Å². The van der Waals surface area contributed by atoms with Crippen LogP contribution in [-0.4, -0.2) is 24.4 Å². The highest BCUT2D eigenvalue weighted by atomic mass is 35.5. The molecule has 1 heterocycles. The predicted octanol–water partition coefficient (Wildman–Crippen LogP) is 2.38. The van der Waals surface area contributed by atoms with Crippen LogP contribution in [0.15, 0.2) is 24.3 Å². The number of rotatable bonds is 3. The minimum Gasteiger partial charge on any atom is -0.351 e. The molecule has 0 aliphatic carbocycles. The molecule has 0 aromatic heterocycles. The normalized spacial score (nSPS) is 20.7. The first-order valence-electron chi connectivity index (χ1n) is 5.60. The minimum absolute atomic E-state index is 0. The van der Waals surface area contributed by atoms with Crippen molar-refractivity contribution < 1.29 is 13.6 Å². The van der Waals surface area contributed by atoms with Crippen LogP contribution in [0.25, 0.3) is 0 Å². The molecule has 0 radical (unpaired) electrons. The third-order valence-corrected chi connectivity index (χ3v) is 3.02. The van der Waals surface area contributed by atoms with Crippen molar-refractivity contribution in [3.05, 3.63) is 34.9 Å². The molecule has 1 aromatic rings. The molecule has 19 heavy (non-hydrogen) atoms. The van der Waals surface area contributed by atoms with Crippen molar-refractivity contribution in [2.75, 3.05) is 6.54 Å². The fourth-order valence-corrected chi connectivity index (χ4v) is 2.07. The number of carbonyl (C=O) groups is 1. The molecule has 1 aliphatic rings. The van der Waals surface area contributed by atoms with Crippen LogP contribution in [0.3, 0.4) is 0 Å². The van der Waals surface area contributed by atoms with Gasteiger partial charge in [0.2, 0.25) is 5.91 Å². The van der Waals surface area contributed by atoms with Crippen molar-refractivity contribution in [3.8, 4) is 0 Å². The number of alkyl halides is 2. The molecule has 3 nitrogen and oxygen atoms in total. The van der Waals surface area contributed by atoms with Gasteiger partial charge < -0.3 is 5.32 Å². The summed E-state index contributed by atoms with van der Waals surface area (Å²) in [6, 6.07) is 6.21. The zero-order valence-corrected chi connectivity index (χ0v) is 11.5. The molecular weight excluding hydrogens is 297 g/mol. The second kappa shape index (κ2) is 6.50. The largest absolute Gasteiger partial charge is 0.351 e. The molecule has 1 aromatic carbocycles. The van der Waals surface area contributed by atoms with E-state index < -0.39 is 30.8 Å². The average Bonchev–Trinajstić information content (AvgIpc) is 2.67. The molecule has 2 rings (SSSR count). The van der Waals surface area contributed by atoms with Gasteiger partial charge in [-0.25, -0.2) is 8.78 Å². The van der Waals surface area contributed by atoms with Crippen LogP contribution in [0, 0.1) is 0 Å². The highest BCUT2D eigenvalue weighted by Gasteiger charge is 2.42. The lowest BCUT2D eigenvalue weighted by molar-refractivity contribution is -0.123. The maximum absolute atomic E-state index is 12.9. The number of hydrogen-bond donors (Lipinski definition) is 2. The summed E-state index contributed by atoms with van der Waals surface area (Å²) < 4.78 is 25.8. The number of carbonyl (C=O) groups excluding carboxylic acids is 1. The second-order valence-corrected chi connectivity index (χ2v) is 4.78. The van der Waals surface area contributed by atoms with Crippen LogP contribution in [0.4, 0.5) is 8.78 Å². The summed E-state index contributed by atoms with van der Waals surface area (Å²) in [5, 5.41) is 5.69. The first-order chi connectivity index (χ1) is 8.46. The smallest absolute Gasteiger partial charge is 0.262 e. The summed E-state index contributed by atoms with van der Waals surface area (Å²) in [5.41, 5.74) is 0.834. The van der Waals surface area contributed by atoms with Crippen molar-refractivity contribution in [2.45, 2.75) is 24.9 Å². The van der Waals surface area contributed by atoms with Gasteiger partial charge in [0.1, 0.15) is 0 Å². The van der Waals surface area contributed by atoms with E-state index in [1.165, 1.54) is 0 Å². The summed E-state index contributed by atoms with van der Waals surface area (Å²) in [5.74, 6) is -3.20. The lowest BCUT2D eigenvalue weighted by Crippen LogP contribution is -2.40. The minimum atomic E-state index is -2.79. The summed E-state index contributed by atoms with van der Waals surface area (Å²) >= 11 is 5.80. The van der Waals surface area contributed by atoms with Crippen LogP contribution in [0.1, 0.15) is 12.0 Å². The van der Waals surface area contributed by atoms with E-state index in [1.807, 2.05) is 6.07 Å². The summed E-state index contributed by atoms with van der Waals surface area (Å²) in [6.45, 7) is -0.161. The molecule has 1 saturated heterocycles. The highest BCUT2D eigenvalue weighted by Crippen LogP contribution is 2.25. The number of halogens is 4. The van der Waals surface area contributed by atoms with Gasteiger partial charge in [-0.3, -0.25) is 10.1 Å². The molecule has 106 valence electrons. The summed E-state index contributed by atoms with van der Waals surface area (Å²) in [7, 11) is 0. The lowest BCUT2D eigenvalue weighted by Gasteiger charge is -2.11. The van der Waals surface area contributed by atoms with Gasteiger partial charge in [0.05, 0.1) is 12.6 Å². The van der Waals surface area contributed by atoms with Crippen molar-refractivity contribution in [1.29, 1.82) is 0 Å². The Morgan fingerprint density at radius 3 is 2.84 bits per heavy atom. The fraction of sp³-hybridized carbons (Fsp3) is 0.417. The maximum Gasteiger partial charge on any atom is 0.262 e. The zero-order chi connectivity index (χ0) is 13.2. The molecule has 7 heteroatoms. The van der Waals surface area contributed by atoms with Crippen molar-refractivity contribution in [1.82, 2.24) is 10.6 Å². The van der Waals surface area contributed by atoms with Crippen molar-refractivity contribution in [2.24, 2.45) is 0 Å². The van der Waals surface area contributed by atoms with Crippen molar-refractivity contribution in [3.63, 3.8) is 0 Å². The van der Waals surface area contributed by atoms with E-state index in [9.17, 15) is 13.6 Å². The molecule has 0 bridgehead atoms. The fourth-order valence-electron chi connectivity index (χ4n) is 1.86. The van der Waals surface area contributed by atoms with Crippen LogP contribution in [-0.2, 0) is 11.3 Å². The molecule has 1 fully saturated rings. The SMILES string of the molecule is Cl.O=C(NCc1cccc(Cl)c1)C1CC(F)(F)CN1. The zero-order valence-electron chi connectivity index (χ0n) is 9.96. The molecule has 0 spiro atoms. The van der Waals surface area contributed by atoms with Gasteiger partial charge in [-0.2, -0.15) is 0 Å². The van der Waals surface area contributed by atoms with Gasteiger partial charge in [-0.15, -0.1) is 12.4 Å². The summed E-state index contributed by atoms with van der Waals surface area (Å²) in [6.07, 6.45) is -0.450. The second-order valence-electron chi connectivity index (χ2n) is 4.34. The van der Waals surface area contributed by atoms with E-state index in [1.54, 1.807) is 18.2 Å². The average molecular weight is 311 g/mol. The number of nitrogens with one attached hydrogen (secondary N) is 2. The highest BCUT2D eigenvalue weighted by molar-refractivity contribution is 6.30. The molecular formula is C12H14Cl2F2N2O. The summed E-state index contributed by atoms with van der Waals surface area (Å²) in [4.78, 5) is 11.7. The van der Waals surface area contributed by atoms with Crippen LogP contribution in [0.2, 0.25) is 5.02 Å². The van der Waals surface area contributed by atoms with Gasteiger partial charge in [0.25, 0.3) is 5.92 Å². The van der Waals surface area contributed by atoms with Crippen LogP contribution < -0.4 is 10.6 Å². The van der Waals surface area contributed by atoms with E-state index in [4.69, 9.17) is 11.6 Å². The Morgan fingerprint density at radius 1 is 1.53 bits per heavy atom. The Kier molecular flexibility index (Phi) is 5.52. The van der Waals surface area contributed by atoms with Gasteiger partial charge in [0.15, 0.2) is 0 Å². The molecule has 1 amide bonds. The molecule has 1 aliphatic heterocycles. The number of benzene rings is 1. The number of amides is 1. The first-order valence-corrected chi connectivity index (χ1v) is 5.97. The van der Waals surface area contributed by atoms with Gasteiger partial charge in [-0.05, 0) is 17.7 Å². The standard InChI is InChI=1S/C12H13ClF2N2O.ClH/c13-9-3-1-2-8(4-9)6-16-11(18)10-5-12(14,15)7-17-10;/h1-4,10,17H,5-7H2,(H,16,18);1H. The van der Waals surface area contributed by atoms with Gasteiger partial charge in [0, 0.05) is 18.0 Å². The quantitative estimate of drug-likeness (QED) is 0.900. The van der Waals surface area contributed by atoms with E-state index >= 15 is 0 Å². The van der Waals surface area contributed by atoms with E-state index in [0.717, 1.165) is 5.56 Å². The predicted molar refractivity (Wildman–Crippen MR) is 71.9 cm³/mol. The maximum atomic E-state index is 12.9. The molecule has 1 atom stereocenters. The van der Waals surface area contributed by atoms with Crippen molar-refractivity contribution >= 4 is 29.9 Å².